The van der Waals surface area contributed by atoms with Gasteiger partial charge in [0.2, 0.25) is 5.88 Å². The first-order valence-corrected chi connectivity index (χ1v) is 8.97. The highest BCUT2D eigenvalue weighted by atomic mass is 16.5. The van der Waals surface area contributed by atoms with E-state index in [1.165, 1.54) is 32.0 Å². The second kappa shape index (κ2) is 5.79. The number of hydrogen-bond donors (Lipinski definition) is 0. The van der Waals surface area contributed by atoms with Crippen molar-refractivity contribution >= 4 is 16.7 Å². The number of hydrogen-bond acceptors (Lipinski definition) is 5. The third-order valence-electron chi connectivity index (χ3n) is 5.34. The summed E-state index contributed by atoms with van der Waals surface area (Å²) in [5.74, 6) is 1.60. The van der Waals surface area contributed by atoms with E-state index in [1.54, 1.807) is 11.6 Å². The highest BCUT2D eigenvalue weighted by Gasteiger charge is 2.22. The zero-order valence-corrected chi connectivity index (χ0v) is 14.9. The topological polar surface area (TPSA) is 70.1 Å². The van der Waals surface area contributed by atoms with Crippen LogP contribution in [0.1, 0.15) is 37.5 Å². The summed E-state index contributed by atoms with van der Waals surface area (Å²) < 4.78 is 9.58. The smallest absolute Gasteiger partial charge is 0.241 e. The summed E-state index contributed by atoms with van der Waals surface area (Å²) >= 11 is 0. The maximum Gasteiger partial charge on any atom is 0.241 e. The van der Waals surface area contributed by atoms with Crippen molar-refractivity contribution < 1.29 is 4.74 Å². The number of aromatic nitrogens is 6. The lowest BCUT2D eigenvalue weighted by atomic mass is 10.1. The molecule has 4 aromatic rings. The van der Waals surface area contributed by atoms with Crippen LogP contribution in [-0.4, -0.2) is 36.2 Å². The van der Waals surface area contributed by atoms with Crippen LogP contribution in [-0.2, 0) is 0 Å². The SMILES string of the molecule is COc1ncnn2ccc(-c3cnc4nc(C)n(C5CCCC5)c4c3)c12. The van der Waals surface area contributed by atoms with E-state index in [0.717, 1.165) is 33.6 Å². The van der Waals surface area contributed by atoms with E-state index in [-0.39, 0.29) is 0 Å². The molecule has 0 saturated heterocycles. The minimum absolute atomic E-state index is 0.528. The molecular weight excluding hydrogens is 328 g/mol. The van der Waals surface area contributed by atoms with Gasteiger partial charge in [0.25, 0.3) is 0 Å². The Kier molecular flexibility index (Phi) is 3.41. The summed E-state index contributed by atoms with van der Waals surface area (Å²) in [6.07, 6.45) is 10.3. The van der Waals surface area contributed by atoms with Gasteiger partial charge in [-0.15, -0.1) is 0 Å². The molecule has 0 unspecified atom stereocenters. The molecule has 26 heavy (non-hydrogen) atoms. The molecule has 0 amide bonds. The van der Waals surface area contributed by atoms with Crippen molar-refractivity contribution in [3.8, 4) is 17.0 Å². The van der Waals surface area contributed by atoms with Crippen LogP contribution in [0.5, 0.6) is 5.88 Å². The molecule has 0 radical (unpaired) electrons. The molecule has 0 spiro atoms. The molecule has 7 nitrogen and oxygen atoms in total. The van der Waals surface area contributed by atoms with Crippen LogP contribution in [0.3, 0.4) is 0 Å². The van der Waals surface area contributed by atoms with Crippen molar-refractivity contribution in [3.63, 3.8) is 0 Å². The van der Waals surface area contributed by atoms with Crippen molar-refractivity contribution in [1.29, 1.82) is 0 Å². The molecule has 0 N–H and O–H groups in total. The van der Waals surface area contributed by atoms with Gasteiger partial charge >= 0.3 is 0 Å². The van der Waals surface area contributed by atoms with Gasteiger partial charge in [0.15, 0.2) is 5.65 Å². The molecule has 0 atom stereocenters. The average molecular weight is 348 g/mol. The molecule has 0 aliphatic heterocycles. The number of nitrogens with zero attached hydrogens (tertiary/aromatic N) is 6. The first kappa shape index (κ1) is 15.3. The predicted octanol–water partition coefficient (Wildman–Crippen LogP) is 3.57. The maximum atomic E-state index is 5.43. The van der Waals surface area contributed by atoms with Crippen LogP contribution in [0.2, 0.25) is 0 Å². The molecule has 1 saturated carbocycles. The highest BCUT2D eigenvalue weighted by Crippen LogP contribution is 2.35. The first-order valence-electron chi connectivity index (χ1n) is 8.97. The van der Waals surface area contributed by atoms with Crippen LogP contribution in [0.15, 0.2) is 30.9 Å². The molecule has 1 aliphatic rings. The summed E-state index contributed by atoms with van der Waals surface area (Å²) in [5.41, 5.74) is 4.78. The summed E-state index contributed by atoms with van der Waals surface area (Å²) in [6.45, 7) is 2.07. The Labute approximate surface area is 150 Å². The fourth-order valence-corrected chi connectivity index (χ4v) is 4.17. The van der Waals surface area contributed by atoms with Gasteiger partial charge < -0.3 is 9.30 Å². The van der Waals surface area contributed by atoms with Crippen LogP contribution >= 0.6 is 0 Å². The standard InChI is InChI=1S/C19H20N6O/c1-12-23-18-16(25(12)14-5-3-4-6-14)9-13(10-20-18)15-7-8-24-17(15)19(26-2)21-11-22-24/h7-11,14H,3-6H2,1-2H3. The average Bonchev–Trinajstić information content (AvgIpc) is 3.38. The molecule has 1 aliphatic carbocycles. The van der Waals surface area contributed by atoms with E-state index in [9.17, 15) is 0 Å². The fraction of sp³-hybridized carbons (Fsp3) is 0.368. The number of methoxy groups -OCH3 is 1. The lowest BCUT2D eigenvalue weighted by Gasteiger charge is -2.14. The minimum atomic E-state index is 0.528. The largest absolute Gasteiger partial charge is 0.479 e. The number of aryl methyl sites for hydroxylation is 1. The van der Waals surface area contributed by atoms with Gasteiger partial charge in [-0.1, -0.05) is 12.8 Å². The van der Waals surface area contributed by atoms with E-state index in [2.05, 4.69) is 37.6 Å². The van der Waals surface area contributed by atoms with E-state index < -0.39 is 0 Å². The van der Waals surface area contributed by atoms with E-state index >= 15 is 0 Å². The number of ether oxygens (including phenoxy) is 1. The fourth-order valence-electron chi connectivity index (χ4n) is 4.17. The zero-order valence-electron chi connectivity index (χ0n) is 14.9. The molecule has 1 fully saturated rings. The van der Waals surface area contributed by atoms with Crippen LogP contribution in [0.4, 0.5) is 0 Å². The van der Waals surface area contributed by atoms with Crippen molar-refractivity contribution in [2.45, 2.75) is 38.6 Å². The third-order valence-corrected chi connectivity index (χ3v) is 5.34. The van der Waals surface area contributed by atoms with Gasteiger partial charge in [-0.2, -0.15) is 10.1 Å². The van der Waals surface area contributed by atoms with Crippen molar-refractivity contribution in [2.24, 2.45) is 0 Å². The lowest BCUT2D eigenvalue weighted by Crippen LogP contribution is -2.06. The van der Waals surface area contributed by atoms with Gasteiger partial charge in [0.1, 0.15) is 17.7 Å². The van der Waals surface area contributed by atoms with E-state index in [0.29, 0.717) is 11.9 Å². The second-order valence-corrected chi connectivity index (χ2v) is 6.83. The van der Waals surface area contributed by atoms with Gasteiger partial charge in [0.05, 0.1) is 12.6 Å². The maximum absolute atomic E-state index is 5.43. The van der Waals surface area contributed by atoms with Crippen LogP contribution < -0.4 is 4.74 Å². The third kappa shape index (κ3) is 2.20. The zero-order chi connectivity index (χ0) is 17.7. The first-order chi connectivity index (χ1) is 12.8. The van der Waals surface area contributed by atoms with Crippen molar-refractivity contribution in [2.75, 3.05) is 7.11 Å². The minimum Gasteiger partial charge on any atom is -0.479 e. The van der Waals surface area contributed by atoms with Gasteiger partial charge in [0, 0.05) is 29.6 Å². The molecule has 7 heteroatoms. The molecule has 0 bridgehead atoms. The quantitative estimate of drug-likeness (QED) is 0.566. The van der Waals surface area contributed by atoms with Crippen molar-refractivity contribution in [3.05, 3.63) is 36.7 Å². The number of imidazole rings is 1. The van der Waals surface area contributed by atoms with Crippen LogP contribution in [0, 0.1) is 6.92 Å². The monoisotopic (exact) mass is 348 g/mol. The summed E-state index contributed by atoms with van der Waals surface area (Å²) in [6, 6.07) is 4.74. The van der Waals surface area contributed by atoms with E-state index in [4.69, 9.17) is 4.74 Å². The molecule has 132 valence electrons. The molecule has 4 aromatic heterocycles. The predicted molar refractivity (Wildman–Crippen MR) is 98.3 cm³/mol. The Hall–Kier alpha value is -2.96. The van der Waals surface area contributed by atoms with Crippen molar-refractivity contribution in [1.82, 2.24) is 29.1 Å². The highest BCUT2D eigenvalue weighted by molar-refractivity contribution is 5.87. The Morgan fingerprint density at radius 1 is 1.19 bits per heavy atom. The van der Waals surface area contributed by atoms with Crippen LogP contribution in [0.25, 0.3) is 27.8 Å². The molecular formula is C19H20N6O. The molecule has 4 heterocycles. The number of fused-ring (bicyclic) bond motifs is 2. The summed E-state index contributed by atoms with van der Waals surface area (Å²) in [7, 11) is 1.62. The van der Waals surface area contributed by atoms with Gasteiger partial charge in [-0.05, 0) is 31.9 Å². The van der Waals surface area contributed by atoms with Gasteiger partial charge in [-0.25, -0.2) is 14.5 Å². The summed E-state index contributed by atoms with van der Waals surface area (Å²) in [4.78, 5) is 13.5. The number of rotatable bonds is 3. The Bertz CT molecular complexity index is 1110. The summed E-state index contributed by atoms with van der Waals surface area (Å²) in [5, 5.41) is 4.27. The molecule has 5 rings (SSSR count). The van der Waals surface area contributed by atoms with Gasteiger partial charge in [-0.3, -0.25) is 0 Å². The Morgan fingerprint density at radius 3 is 2.85 bits per heavy atom. The normalized spacial score (nSPS) is 15.3. The second-order valence-electron chi connectivity index (χ2n) is 6.83. The number of pyridine rings is 1. The Balaban J connectivity index is 1.72. The molecule has 0 aromatic carbocycles. The van der Waals surface area contributed by atoms with E-state index in [1.807, 2.05) is 18.5 Å². The lowest BCUT2D eigenvalue weighted by molar-refractivity contribution is 0.399. The Morgan fingerprint density at radius 2 is 2.04 bits per heavy atom.